The number of rotatable bonds is 8. The zero-order valence-corrected chi connectivity index (χ0v) is 16.5. The van der Waals surface area contributed by atoms with Gasteiger partial charge in [0.15, 0.2) is 0 Å². The lowest BCUT2D eigenvalue weighted by Gasteiger charge is -2.23. The predicted octanol–water partition coefficient (Wildman–Crippen LogP) is 6.77. The normalized spacial score (nSPS) is 14.4. The fourth-order valence-corrected chi connectivity index (χ4v) is 2.05. The van der Waals surface area contributed by atoms with Crippen LogP contribution >= 0.6 is 0 Å². The molecule has 0 amide bonds. The molecule has 0 radical (unpaired) electrons. The second kappa shape index (κ2) is 20.4. The molecule has 2 N–H and O–H groups in total. The second-order valence-corrected chi connectivity index (χ2v) is 4.55. The third-order valence-corrected chi connectivity index (χ3v) is 2.90. The Bertz CT molecular complexity index is 392. The molecule has 23 heavy (non-hydrogen) atoms. The van der Waals surface area contributed by atoms with Crippen LogP contribution in [0.4, 0.5) is 0 Å². The van der Waals surface area contributed by atoms with Crippen molar-refractivity contribution in [3.05, 3.63) is 72.9 Å². The van der Waals surface area contributed by atoms with Crippen LogP contribution in [-0.2, 0) is 0 Å². The smallest absolute Gasteiger partial charge is 0.00825 e. The van der Waals surface area contributed by atoms with Gasteiger partial charge in [-0.05, 0) is 38.3 Å². The van der Waals surface area contributed by atoms with Gasteiger partial charge in [-0.2, -0.15) is 0 Å². The average molecular weight is 318 g/mol. The van der Waals surface area contributed by atoms with Crippen molar-refractivity contribution in [1.82, 2.24) is 0 Å². The first-order chi connectivity index (χ1) is 11.1. The molecule has 0 aliphatic heterocycles. The molecule has 0 aromatic rings. The maximum Gasteiger partial charge on any atom is 0.00825 e. The van der Waals surface area contributed by atoms with Crippen molar-refractivity contribution >= 4 is 0 Å². The van der Waals surface area contributed by atoms with Crippen molar-refractivity contribution in [1.29, 1.82) is 0 Å². The van der Waals surface area contributed by atoms with Crippen molar-refractivity contribution < 1.29 is 0 Å². The van der Waals surface area contributed by atoms with E-state index >= 15 is 0 Å². The van der Waals surface area contributed by atoms with Gasteiger partial charge in [0.25, 0.3) is 0 Å². The number of hydrogen-bond acceptors (Lipinski definition) is 1. The van der Waals surface area contributed by atoms with Crippen molar-refractivity contribution in [2.75, 3.05) is 0 Å². The Morgan fingerprint density at radius 2 is 1.39 bits per heavy atom. The summed E-state index contributed by atoms with van der Waals surface area (Å²) >= 11 is 0. The van der Waals surface area contributed by atoms with E-state index in [0.29, 0.717) is 0 Å². The Labute approximate surface area is 146 Å². The molecule has 0 bridgehead atoms. The molecule has 1 nitrogen and oxygen atoms in total. The average Bonchev–Trinajstić information content (AvgIpc) is 2.56. The van der Waals surface area contributed by atoms with Gasteiger partial charge in [0.05, 0.1) is 0 Å². The van der Waals surface area contributed by atoms with Gasteiger partial charge in [-0.15, -0.1) is 0 Å². The first-order valence-corrected chi connectivity index (χ1v) is 8.75. The fourth-order valence-electron chi connectivity index (χ4n) is 2.05. The summed E-state index contributed by atoms with van der Waals surface area (Å²) in [4.78, 5) is 0. The topological polar surface area (TPSA) is 26.0 Å². The van der Waals surface area contributed by atoms with Crippen LogP contribution in [0.15, 0.2) is 72.9 Å². The lowest BCUT2D eigenvalue weighted by molar-refractivity contribution is 0.516. The summed E-state index contributed by atoms with van der Waals surface area (Å²) < 4.78 is 0. The Kier molecular flexibility index (Phi) is 23.3. The zero-order valence-electron chi connectivity index (χ0n) is 16.5. The monoisotopic (exact) mass is 317 g/mol. The van der Waals surface area contributed by atoms with Gasteiger partial charge in [0.2, 0.25) is 0 Å². The van der Waals surface area contributed by atoms with E-state index in [1.165, 1.54) is 11.1 Å². The largest absolute Gasteiger partial charge is 0.327 e. The number of hydrogen-bond donors (Lipinski definition) is 1. The number of allylic oxidation sites excluding steroid dienone is 9. The molecule has 132 valence electrons. The van der Waals surface area contributed by atoms with Gasteiger partial charge < -0.3 is 5.73 Å². The van der Waals surface area contributed by atoms with Crippen molar-refractivity contribution in [3.8, 4) is 0 Å². The molecule has 0 aliphatic rings. The predicted molar refractivity (Wildman–Crippen MR) is 111 cm³/mol. The highest BCUT2D eigenvalue weighted by Crippen LogP contribution is 2.25. The van der Waals surface area contributed by atoms with Gasteiger partial charge in [-0.3, -0.25) is 0 Å². The van der Waals surface area contributed by atoms with Crippen LogP contribution in [-0.4, -0.2) is 6.04 Å². The van der Waals surface area contributed by atoms with Crippen LogP contribution in [0.2, 0.25) is 0 Å². The third-order valence-electron chi connectivity index (χ3n) is 2.90. The van der Waals surface area contributed by atoms with Crippen LogP contribution in [0.5, 0.6) is 0 Å². The molecule has 0 saturated heterocycles. The quantitative estimate of drug-likeness (QED) is 0.491. The highest BCUT2D eigenvalue weighted by Gasteiger charge is 2.17. The van der Waals surface area contributed by atoms with E-state index in [1.807, 2.05) is 84.9 Å². The SMILES string of the molecule is C=C/C=C(\C=C/C)CC(C(/C=C\C)=C/C=C)C(C)N.CC.CC. The summed E-state index contributed by atoms with van der Waals surface area (Å²) in [5, 5.41) is 0. The van der Waals surface area contributed by atoms with E-state index in [1.54, 1.807) is 0 Å². The fraction of sp³-hybridized carbons (Fsp3) is 0.455. The van der Waals surface area contributed by atoms with E-state index in [-0.39, 0.29) is 12.0 Å². The number of nitrogens with two attached hydrogens (primary N) is 1. The van der Waals surface area contributed by atoms with Gasteiger partial charge in [0, 0.05) is 12.0 Å². The Morgan fingerprint density at radius 3 is 1.74 bits per heavy atom. The van der Waals surface area contributed by atoms with E-state index in [9.17, 15) is 0 Å². The summed E-state index contributed by atoms with van der Waals surface area (Å²) in [5.41, 5.74) is 8.60. The highest BCUT2D eigenvalue weighted by molar-refractivity contribution is 5.31. The van der Waals surface area contributed by atoms with E-state index in [0.717, 1.165) is 6.42 Å². The van der Waals surface area contributed by atoms with E-state index in [4.69, 9.17) is 5.73 Å². The third kappa shape index (κ3) is 13.8. The molecule has 2 unspecified atom stereocenters. The highest BCUT2D eigenvalue weighted by atomic mass is 14.6. The minimum Gasteiger partial charge on any atom is -0.327 e. The maximum atomic E-state index is 6.15. The standard InChI is InChI=1S/C18H27N.2C2H6/c1-6-10-16(11-7-2)14-18(15(5)19)17(12-8-3)13-9-4;2*1-2/h6-13,15,18H,1,3,14,19H2,2,4-5H3;2*1-2H3/b11-7-,13-9-,16-10+,17-12+;;. The van der Waals surface area contributed by atoms with E-state index in [2.05, 4.69) is 25.3 Å². The maximum absolute atomic E-state index is 6.15. The van der Waals surface area contributed by atoms with Crippen LogP contribution in [0, 0.1) is 5.92 Å². The summed E-state index contributed by atoms with van der Waals surface area (Å²) in [6, 6.07) is 0.0841. The summed E-state index contributed by atoms with van der Waals surface area (Å²) in [6.07, 6.45) is 16.9. The van der Waals surface area contributed by atoms with Crippen LogP contribution in [0.25, 0.3) is 0 Å². The first-order valence-electron chi connectivity index (χ1n) is 8.75. The Hall–Kier alpha value is -1.60. The molecule has 0 rings (SSSR count). The molecule has 2 atom stereocenters. The lowest BCUT2D eigenvalue weighted by atomic mass is 9.85. The minimum atomic E-state index is 0.0841. The van der Waals surface area contributed by atoms with Gasteiger partial charge in [0.1, 0.15) is 0 Å². The molecule has 0 aliphatic carbocycles. The molecule has 0 fully saturated rings. The zero-order chi connectivity index (χ0) is 18.7. The second-order valence-electron chi connectivity index (χ2n) is 4.55. The summed E-state index contributed by atoms with van der Waals surface area (Å²) in [6.45, 7) is 21.6. The van der Waals surface area contributed by atoms with Gasteiger partial charge in [-0.25, -0.2) is 0 Å². The molecule has 0 aromatic carbocycles. The molecule has 0 saturated carbocycles. The van der Waals surface area contributed by atoms with Gasteiger partial charge >= 0.3 is 0 Å². The Morgan fingerprint density at radius 1 is 0.913 bits per heavy atom. The summed E-state index contributed by atoms with van der Waals surface area (Å²) in [5.74, 6) is 0.275. The Balaban J connectivity index is -0.000000919. The van der Waals surface area contributed by atoms with Crippen molar-refractivity contribution in [3.63, 3.8) is 0 Å². The molecule has 1 heteroatoms. The molecule has 0 aromatic heterocycles. The summed E-state index contributed by atoms with van der Waals surface area (Å²) in [7, 11) is 0. The molecule has 0 heterocycles. The van der Waals surface area contributed by atoms with Crippen molar-refractivity contribution in [2.45, 2.75) is 60.9 Å². The molecular weight excluding hydrogens is 278 g/mol. The van der Waals surface area contributed by atoms with E-state index < -0.39 is 0 Å². The van der Waals surface area contributed by atoms with Gasteiger partial charge in [-0.1, -0.05) is 89.5 Å². The van der Waals surface area contributed by atoms with Crippen LogP contribution < -0.4 is 5.73 Å². The minimum absolute atomic E-state index is 0.0841. The lowest BCUT2D eigenvalue weighted by Crippen LogP contribution is -2.28. The van der Waals surface area contributed by atoms with Crippen molar-refractivity contribution in [2.24, 2.45) is 11.7 Å². The molecular formula is C22H39N. The van der Waals surface area contributed by atoms with Crippen LogP contribution in [0.3, 0.4) is 0 Å². The molecule has 0 spiro atoms. The first kappa shape index (κ1) is 26.3. The van der Waals surface area contributed by atoms with Crippen LogP contribution in [0.1, 0.15) is 54.9 Å².